The Morgan fingerprint density at radius 1 is 1.44 bits per heavy atom. The van der Waals surface area contributed by atoms with Crippen molar-refractivity contribution in [1.82, 2.24) is 10.5 Å². The summed E-state index contributed by atoms with van der Waals surface area (Å²) < 4.78 is 10.2. The van der Waals surface area contributed by atoms with E-state index in [1.807, 2.05) is 13.8 Å². The summed E-state index contributed by atoms with van der Waals surface area (Å²) in [7, 11) is 1.72. The van der Waals surface area contributed by atoms with Gasteiger partial charge in [0, 0.05) is 18.7 Å². The van der Waals surface area contributed by atoms with Crippen molar-refractivity contribution < 1.29 is 9.26 Å². The zero-order valence-corrected chi connectivity index (χ0v) is 10.7. The molecule has 0 aliphatic heterocycles. The lowest BCUT2D eigenvalue weighted by Crippen LogP contribution is -2.31. The summed E-state index contributed by atoms with van der Waals surface area (Å²) in [5.41, 5.74) is 2.27. The largest absolute Gasteiger partial charge is 0.383 e. The summed E-state index contributed by atoms with van der Waals surface area (Å²) in [5, 5.41) is 7.35. The van der Waals surface area contributed by atoms with Crippen molar-refractivity contribution in [3.8, 4) is 0 Å². The van der Waals surface area contributed by atoms with Crippen molar-refractivity contribution in [3.63, 3.8) is 0 Å². The van der Waals surface area contributed by atoms with Crippen LogP contribution in [0.2, 0.25) is 0 Å². The molecule has 1 aromatic heterocycles. The third-order valence-corrected chi connectivity index (χ3v) is 2.69. The van der Waals surface area contributed by atoms with Gasteiger partial charge in [0.2, 0.25) is 0 Å². The van der Waals surface area contributed by atoms with E-state index in [-0.39, 0.29) is 0 Å². The molecule has 1 unspecified atom stereocenters. The number of methoxy groups -OCH3 is 1. The van der Waals surface area contributed by atoms with Gasteiger partial charge >= 0.3 is 0 Å². The summed E-state index contributed by atoms with van der Waals surface area (Å²) in [6.45, 7) is 7.84. The first-order chi connectivity index (χ1) is 7.65. The van der Waals surface area contributed by atoms with E-state index in [1.165, 1.54) is 5.56 Å². The summed E-state index contributed by atoms with van der Waals surface area (Å²) in [5.74, 6) is 0.947. The van der Waals surface area contributed by atoms with Crippen LogP contribution in [0.1, 0.15) is 30.4 Å². The zero-order chi connectivity index (χ0) is 12.0. The van der Waals surface area contributed by atoms with Gasteiger partial charge in [-0.2, -0.15) is 0 Å². The maximum Gasteiger partial charge on any atom is 0.137 e. The molecule has 92 valence electrons. The van der Waals surface area contributed by atoms with Crippen molar-refractivity contribution in [2.24, 2.45) is 0 Å². The van der Waals surface area contributed by atoms with Gasteiger partial charge < -0.3 is 14.6 Å². The summed E-state index contributed by atoms with van der Waals surface area (Å²) >= 11 is 0. The van der Waals surface area contributed by atoms with Gasteiger partial charge in [0.05, 0.1) is 12.3 Å². The average Bonchev–Trinajstić information content (AvgIpc) is 2.55. The third kappa shape index (κ3) is 3.94. The summed E-state index contributed by atoms with van der Waals surface area (Å²) in [6.07, 6.45) is 2.12. The molecular weight excluding hydrogens is 204 g/mol. The van der Waals surface area contributed by atoms with E-state index in [9.17, 15) is 0 Å². The minimum absolute atomic E-state index is 0.412. The number of nitrogens with one attached hydrogen (secondary N) is 1. The molecule has 1 N–H and O–H groups in total. The molecular formula is C12H22N2O2. The molecule has 4 heteroatoms. The molecule has 0 aliphatic carbocycles. The molecule has 4 nitrogen and oxygen atoms in total. The smallest absolute Gasteiger partial charge is 0.137 e. The molecule has 0 bridgehead atoms. The first-order valence-corrected chi connectivity index (χ1v) is 5.79. The maximum absolute atomic E-state index is 5.12. The van der Waals surface area contributed by atoms with Crippen molar-refractivity contribution in [3.05, 3.63) is 17.0 Å². The molecule has 0 aromatic carbocycles. The molecule has 0 radical (unpaired) electrons. The SMILES string of the molecule is COCC(C)NCCCc1c(C)noc1C. The Bertz CT molecular complexity index is 290. The molecule has 0 amide bonds. The molecule has 0 fully saturated rings. The monoisotopic (exact) mass is 226 g/mol. The van der Waals surface area contributed by atoms with Crippen molar-refractivity contribution in [2.75, 3.05) is 20.3 Å². The summed E-state index contributed by atoms with van der Waals surface area (Å²) in [4.78, 5) is 0. The lowest BCUT2D eigenvalue weighted by molar-refractivity contribution is 0.172. The number of rotatable bonds is 7. The lowest BCUT2D eigenvalue weighted by atomic mass is 10.1. The van der Waals surface area contributed by atoms with Crippen LogP contribution in [0.5, 0.6) is 0 Å². The Balaban J connectivity index is 2.21. The van der Waals surface area contributed by atoms with Crippen LogP contribution in [-0.4, -0.2) is 31.5 Å². The predicted molar refractivity (Wildman–Crippen MR) is 63.6 cm³/mol. The summed E-state index contributed by atoms with van der Waals surface area (Å²) in [6, 6.07) is 0.412. The van der Waals surface area contributed by atoms with E-state index in [0.717, 1.165) is 37.4 Å². The maximum atomic E-state index is 5.12. The van der Waals surface area contributed by atoms with E-state index in [0.29, 0.717) is 6.04 Å². The second-order valence-electron chi connectivity index (χ2n) is 4.22. The van der Waals surface area contributed by atoms with Gasteiger partial charge in [-0.25, -0.2) is 0 Å². The van der Waals surface area contributed by atoms with E-state index in [4.69, 9.17) is 9.26 Å². The highest BCUT2D eigenvalue weighted by molar-refractivity contribution is 5.20. The molecule has 0 saturated carbocycles. The highest BCUT2D eigenvalue weighted by Crippen LogP contribution is 2.13. The Labute approximate surface area is 97.3 Å². The van der Waals surface area contributed by atoms with Crippen molar-refractivity contribution >= 4 is 0 Å². The fraction of sp³-hybridized carbons (Fsp3) is 0.750. The van der Waals surface area contributed by atoms with Crippen LogP contribution in [0, 0.1) is 13.8 Å². The van der Waals surface area contributed by atoms with E-state index < -0.39 is 0 Å². The molecule has 1 aromatic rings. The second kappa shape index (κ2) is 6.66. The molecule has 16 heavy (non-hydrogen) atoms. The molecule has 1 rings (SSSR count). The fourth-order valence-electron chi connectivity index (χ4n) is 1.78. The van der Waals surface area contributed by atoms with Crippen molar-refractivity contribution in [1.29, 1.82) is 0 Å². The second-order valence-corrected chi connectivity index (χ2v) is 4.22. The van der Waals surface area contributed by atoms with Crippen LogP contribution in [0.3, 0.4) is 0 Å². The van der Waals surface area contributed by atoms with Crippen LogP contribution < -0.4 is 5.32 Å². The molecule has 0 aliphatic rings. The van der Waals surface area contributed by atoms with Gasteiger partial charge in [-0.1, -0.05) is 5.16 Å². The average molecular weight is 226 g/mol. The van der Waals surface area contributed by atoms with Crippen LogP contribution in [-0.2, 0) is 11.2 Å². The quantitative estimate of drug-likeness (QED) is 0.721. The van der Waals surface area contributed by atoms with Gasteiger partial charge in [0.1, 0.15) is 5.76 Å². The minimum atomic E-state index is 0.412. The van der Waals surface area contributed by atoms with Crippen LogP contribution in [0.15, 0.2) is 4.52 Å². The van der Waals surface area contributed by atoms with Gasteiger partial charge in [-0.15, -0.1) is 0 Å². The van der Waals surface area contributed by atoms with Crippen LogP contribution in [0.4, 0.5) is 0 Å². The topological polar surface area (TPSA) is 47.3 Å². The van der Waals surface area contributed by atoms with Gasteiger partial charge in [-0.3, -0.25) is 0 Å². The molecule has 1 heterocycles. The first-order valence-electron chi connectivity index (χ1n) is 5.79. The van der Waals surface area contributed by atoms with E-state index in [1.54, 1.807) is 7.11 Å². The first kappa shape index (κ1) is 13.2. The lowest BCUT2D eigenvalue weighted by Gasteiger charge is -2.12. The van der Waals surface area contributed by atoms with Gasteiger partial charge in [-0.05, 0) is 40.2 Å². The number of aromatic nitrogens is 1. The molecule has 0 spiro atoms. The number of ether oxygens (including phenoxy) is 1. The van der Waals surface area contributed by atoms with Gasteiger partial charge in [0.25, 0.3) is 0 Å². The number of nitrogens with zero attached hydrogens (tertiary/aromatic N) is 1. The van der Waals surface area contributed by atoms with Crippen LogP contribution >= 0.6 is 0 Å². The number of hydrogen-bond acceptors (Lipinski definition) is 4. The van der Waals surface area contributed by atoms with Crippen molar-refractivity contribution in [2.45, 2.75) is 39.7 Å². The highest BCUT2D eigenvalue weighted by Gasteiger charge is 2.08. The number of aryl methyl sites for hydroxylation is 2. The fourth-order valence-corrected chi connectivity index (χ4v) is 1.78. The minimum Gasteiger partial charge on any atom is -0.383 e. The molecule has 0 saturated heterocycles. The zero-order valence-electron chi connectivity index (χ0n) is 10.7. The van der Waals surface area contributed by atoms with E-state index >= 15 is 0 Å². The number of hydrogen-bond donors (Lipinski definition) is 1. The predicted octanol–water partition coefficient (Wildman–Crippen LogP) is 1.85. The highest BCUT2D eigenvalue weighted by atomic mass is 16.5. The molecule has 1 atom stereocenters. The normalized spacial score (nSPS) is 13.0. The Morgan fingerprint density at radius 3 is 2.75 bits per heavy atom. The Morgan fingerprint density at radius 2 is 2.19 bits per heavy atom. The van der Waals surface area contributed by atoms with Gasteiger partial charge in [0.15, 0.2) is 0 Å². The standard InChI is InChI=1S/C12H22N2O2/c1-9(8-15-4)13-7-5-6-12-10(2)14-16-11(12)3/h9,13H,5-8H2,1-4H3. The van der Waals surface area contributed by atoms with E-state index in [2.05, 4.69) is 17.4 Å². The third-order valence-electron chi connectivity index (χ3n) is 2.69. The van der Waals surface area contributed by atoms with Crippen LogP contribution in [0.25, 0.3) is 0 Å². The Kier molecular flexibility index (Phi) is 5.49. The Hall–Kier alpha value is -0.870.